The van der Waals surface area contributed by atoms with Crippen LogP contribution in [0, 0.1) is 0 Å². The van der Waals surface area contributed by atoms with E-state index >= 15 is 0 Å². The quantitative estimate of drug-likeness (QED) is 0.458. The molecule has 146 valence electrons. The number of thioether (sulfide) groups is 1. The fourth-order valence-corrected chi connectivity index (χ4v) is 3.27. The number of amides is 1. The van der Waals surface area contributed by atoms with Crippen LogP contribution < -0.4 is 5.32 Å². The van der Waals surface area contributed by atoms with E-state index in [9.17, 15) is 9.59 Å². The average molecular weight is 398 g/mol. The van der Waals surface area contributed by atoms with Gasteiger partial charge in [0.05, 0.1) is 6.04 Å². The van der Waals surface area contributed by atoms with E-state index in [-0.39, 0.29) is 24.3 Å². The van der Waals surface area contributed by atoms with Gasteiger partial charge in [0.2, 0.25) is 0 Å². The van der Waals surface area contributed by atoms with Gasteiger partial charge in [-0.1, -0.05) is 55.1 Å². The number of benzene rings is 2. The van der Waals surface area contributed by atoms with Gasteiger partial charge in [0.1, 0.15) is 11.3 Å². The number of ether oxygens (including phenoxy) is 1. The van der Waals surface area contributed by atoms with Crippen LogP contribution in [-0.4, -0.2) is 29.2 Å². The third-order valence-corrected chi connectivity index (χ3v) is 5.02. The Morgan fingerprint density at radius 1 is 1.18 bits per heavy atom. The first-order chi connectivity index (χ1) is 13.5. The molecule has 1 amide bonds. The minimum Gasteiger partial charge on any atom is -0.455 e. The lowest BCUT2D eigenvalue weighted by Gasteiger charge is -2.14. The number of fused-ring (bicyclic) bond motifs is 1. The summed E-state index contributed by atoms with van der Waals surface area (Å²) in [4.78, 5) is 28.2. The van der Waals surface area contributed by atoms with Crippen molar-refractivity contribution in [1.82, 2.24) is 10.3 Å². The third-order valence-electron chi connectivity index (χ3n) is 4.22. The molecule has 2 aromatic carbocycles. The predicted molar refractivity (Wildman–Crippen MR) is 108 cm³/mol. The van der Waals surface area contributed by atoms with Crippen LogP contribution >= 0.6 is 11.8 Å². The summed E-state index contributed by atoms with van der Waals surface area (Å²) in [5.74, 6) is -0.816. The highest BCUT2D eigenvalue weighted by molar-refractivity contribution is 7.99. The minimum absolute atomic E-state index is 0.0220. The second-order valence-electron chi connectivity index (χ2n) is 6.28. The SMILES string of the molecule is CCc1ccc([C@H](C)NC(=O)COC(=O)CSc2nc3ccccc3o2)cc1. The van der Waals surface area contributed by atoms with Gasteiger partial charge in [-0.05, 0) is 36.6 Å². The Balaban J connectivity index is 1.41. The molecule has 0 unspecified atom stereocenters. The number of nitrogens with zero attached hydrogens (tertiary/aromatic N) is 1. The maximum absolute atomic E-state index is 12.0. The summed E-state index contributed by atoms with van der Waals surface area (Å²) in [6, 6.07) is 15.3. The van der Waals surface area contributed by atoms with Crippen LogP contribution in [0.1, 0.15) is 31.0 Å². The Bertz CT molecular complexity index is 919. The molecule has 1 N–H and O–H groups in total. The van der Waals surface area contributed by atoms with Gasteiger partial charge in [0.25, 0.3) is 11.1 Å². The van der Waals surface area contributed by atoms with E-state index in [0.717, 1.165) is 29.3 Å². The van der Waals surface area contributed by atoms with Crippen molar-refractivity contribution in [3.8, 4) is 0 Å². The fourth-order valence-electron chi connectivity index (χ4n) is 2.63. The lowest BCUT2D eigenvalue weighted by molar-refractivity contribution is -0.146. The lowest BCUT2D eigenvalue weighted by atomic mass is 10.1. The van der Waals surface area contributed by atoms with Crippen LogP contribution in [0.15, 0.2) is 58.2 Å². The topological polar surface area (TPSA) is 81.4 Å². The molecule has 0 fully saturated rings. The summed E-state index contributed by atoms with van der Waals surface area (Å²) in [6.45, 7) is 3.67. The molecule has 0 saturated heterocycles. The first-order valence-corrected chi connectivity index (χ1v) is 10.1. The molecule has 0 radical (unpaired) electrons. The van der Waals surface area contributed by atoms with Crippen LogP contribution in [0.4, 0.5) is 0 Å². The van der Waals surface area contributed by atoms with Crippen molar-refractivity contribution in [3.05, 3.63) is 59.7 Å². The molecule has 3 aromatic rings. The van der Waals surface area contributed by atoms with Gasteiger partial charge in [0.15, 0.2) is 12.2 Å². The number of aryl methyl sites for hydroxylation is 1. The number of esters is 1. The van der Waals surface area contributed by atoms with E-state index in [4.69, 9.17) is 9.15 Å². The molecule has 0 aliphatic carbocycles. The van der Waals surface area contributed by atoms with Crippen molar-refractivity contribution in [3.63, 3.8) is 0 Å². The summed E-state index contributed by atoms with van der Waals surface area (Å²) >= 11 is 1.14. The largest absolute Gasteiger partial charge is 0.455 e. The predicted octanol–water partition coefficient (Wildman–Crippen LogP) is 3.90. The summed E-state index contributed by atoms with van der Waals surface area (Å²) < 4.78 is 10.6. The molecule has 7 heteroatoms. The van der Waals surface area contributed by atoms with Crippen molar-refractivity contribution in [2.45, 2.75) is 31.5 Å². The molecule has 0 aliphatic heterocycles. The first-order valence-electron chi connectivity index (χ1n) is 9.07. The number of para-hydroxylation sites is 2. The lowest BCUT2D eigenvalue weighted by Crippen LogP contribution is -2.31. The number of rotatable bonds is 8. The van der Waals surface area contributed by atoms with Crippen molar-refractivity contribution >= 4 is 34.7 Å². The van der Waals surface area contributed by atoms with Crippen molar-refractivity contribution in [2.24, 2.45) is 0 Å². The molecule has 6 nitrogen and oxygen atoms in total. The number of hydrogen-bond acceptors (Lipinski definition) is 6. The maximum atomic E-state index is 12.0. The smallest absolute Gasteiger partial charge is 0.316 e. The van der Waals surface area contributed by atoms with Gasteiger partial charge >= 0.3 is 5.97 Å². The molecule has 0 bridgehead atoms. The molecule has 0 spiro atoms. The van der Waals surface area contributed by atoms with Crippen molar-refractivity contribution in [2.75, 3.05) is 12.4 Å². The van der Waals surface area contributed by atoms with Gasteiger partial charge in [-0.15, -0.1) is 0 Å². The third kappa shape index (κ3) is 5.36. The summed E-state index contributed by atoms with van der Waals surface area (Å²) in [5, 5.41) is 3.22. The number of aromatic nitrogens is 1. The van der Waals surface area contributed by atoms with Crippen LogP contribution in [0.25, 0.3) is 11.1 Å². The van der Waals surface area contributed by atoms with Crippen LogP contribution in [0.3, 0.4) is 0 Å². The number of carbonyl (C=O) groups is 2. The monoisotopic (exact) mass is 398 g/mol. The van der Waals surface area contributed by atoms with Crippen LogP contribution in [-0.2, 0) is 20.7 Å². The van der Waals surface area contributed by atoms with E-state index < -0.39 is 5.97 Å². The number of nitrogens with one attached hydrogen (secondary N) is 1. The molecule has 28 heavy (non-hydrogen) atoms. The van der Waals surface area contributed by atoms with Gasteiger partial charge in [0, 0.05) is 0 Å². The van der Waals surface area contributed by atoms with Crippen molar-refractivity contribution in [1.29, 1.82) is 0 Å². The zero-order chi connectivity index (χ0) is 19.9. The molecule has 0 aliphatic rings. The van der Waals surface area contributed by atoms with E-state index in [2.05, 4.69) is 17.2 Å². The Hall–Kier alpha value is -2.80. The van der Waals surface area contributed by atoms with Gasteiger partial charge in [-0.25, -0.2) is 4.98 Å². The second kappa shape index (κ2) is 9.41. The second-order valence-corrected chi connectivity index (χ2v) is 7.21. The highest BCUT2D eigenvalue weighted by Gasteiger charge is 2.14. The summed E-state index contributed by atoms with van der Waals surface area (Å²) in [5.41, 5.74) is 3.65. The highest BCUT2D eigenvalue weighted by atomic mass is 32.2. The van der Waals surface area contributed by atoms with E-state index in [0.29, 0.717) is 10.8 Å². The van der Waals surface area contributed by atoms with Crippen molar-refractivity contribution < 1.29 is 18.7 Å². The summed E-state index contributed by atoms with van der Waals surface area (Å²) in [6.07, 6.45) is 0.971. The van der Waals surface area contributed by atoms with E-state index in [1.165, 1.54) is 5.56 Å². The maximum Gasteiger partial charge on any atom is 0.316 e. The molecule has 1 aromatic heterocycles. The molecule has 1 heterocycles. The minimum atomic E-state index is -0.498. The zero-order valence-corrected chi connectivity index (χ0v) is 16.6. The Morgan fingerprint density at radius 2 is 1.93 bits per heavy atom. The van der Waals surface area contributed by atoms with Gasteiger partial charge < -0.3 is 14.5 Å². The zero-order valence-electron chi connectivity index (χ0n) is 15.8. The molecule has 1 atom stereocenters. The van der Waals surface area contributed by atoms with Crippen LogP contribution in [0.2, 0.25) is 0 Å². The van der Waals surface area contributed by atoms with Gasteiger partial charge in [-0.3, -0.25) is 9.59 Å². The fraction of sp³-hybridized carbons (Fsp3) is 0.286. The van der Waals surface area contributed by atoms with Gasteiger partial charge in [-0.2, -0.15) is 0 Å². The number of oxazole rings is 1. The standard InChI is InChI=1S/C21H22N2O4S/c1-3-15-8-10-16(11-9-15)14(2)22-19(24)12-26-20(25)13-28-21-23-17-6-4-5-7-18(17)27-21/h4-11,14H,3,12-13H2,1-2H3,(H,22,24)/t14-/m0/s1. The van der Waals surface area contributed by atoms with E-state index in [1.54, 1.807) is 0 Å². The molecular formula is C21H22N2O4S. The molecule has 3 rings (SSSR count). The van der Waals surface area contributed by atoms with Crippen LogP contribution in [0.5, 0.6) is 0 Å². The Morgan fingerprint density at radius 3 is 2.64 bits per heavy atom. The summed E-state index contributed by atoms with van der Waals surface area (Å²) in [7, 11) is 0. The molecular weight excluding hydrogens is 376 g/mol. The Kier molecular flexibility index (Phi) is 6.71. The molecule has 0 saturated carbocycles. The number of hydrogen-bond donors (Lipinski definition) is 1. The highest BCUT2D eigenvalue weighted by Crippen LogP contribution is 2.23. The average Bonchev–Trinajstić information content (AvgIpc) is 3.13. The first kappa shape index (κ1) is 19.9. The Labute approximate surface area is 167 Å². The normalized spacial score (nSPS) is 11.9. The van der Waals surface area contributed by atoms with E-state index in [1.807, 2.05) is 55.5 Å². The number of carbonyl (C=O) groups excluding carboxylic acids is 2.